The zero-order valence-corrected chi connectivity index (χ0v) is 9.21. The molecule has 14 heavy (non-hydrogen) atoms. The highest BCUT2D eigenvalue weighted by atomic mass is 79.9. The third-order valence-electron chi connectivity index (χ3n) is 1.59. The van der Waals surface area contributed by atoms with Crippen LogP contribution in [0, 0.1) is 10.1 Å². The summed E-state index contributed by atoms with van der Waals surface area (Å²) in [4.78, 5) is 21.0. The maximum absolute atomic E-state index is 11.1. The number of alkyl halides is 1. The van der Waals surface area contributed by atoms with Crippen LogP contribution in [0.15, 0.2) is 22.7 Å². The van der Waals surface area contributed by atoms with E-state index in [0.717, 1.165) is 0 Å². The van der Waals surface area contributed by atoms with Crippen LogP contribution in [-0.4, -0.2) is 16.6 Å². The van der Waals surface area contributed by atoms with Crippen LogP contribution in [0.1, 0.15) is 10.4 Å². The van der Waals surface area contributed by atoms with Crippen LogP contribution in [0.2, 0.25) is 0 Å². The summed E-state index contributed by atoms with van der Waals surface area (Å²) in [6.07, 6.45) is 0. The van der Waals surface area contributed by atoms with Gasteiger partial charge in [0, 0.05) is 11.6 Å². The molecule has 0 atom stereocenters. The number of Topliss-reactive ketones (excluding diaryl/α,β-unsaturated/α-hetero) is 1. The first-order chi connectivity index (χ1) is 6.56. The van der Waals surface area contributed by atoms with Gasteiger partial charge >= 0.3 is 0 Å². The van der Waals surface area contributed by atoms with E-state index in [1.54, 1.807) is 0 Å². The number of nitro benzene ring substituents is 1. The van der Waals surface area contributed by atoms with Crippen LogP contribution in [0.4, 0.5) is 5.69 Å². The summed E-state index contributed by atoms with van der Waals surface area (Å²) in [6, 6.07) is 4.04. The third kappa shape index (κ3) is 2.30. The summed E-state index contributed by atoms with van der Waals surface area (Å²) in [7, 11) is 0. The van der Waals surface area contributed by atoms with Gasteiger partial charge in [0.1, 0.15) is 0 Å². The molecule has 0 spiro atoms. The van der Waals surface area contributed by atoms with Crippen molar-refractivity contribution in [2.45, 2.75) is 0 Å². The molecule has 0 bridgehead atoms. The van der Waals surface area contributed by atoms with Crippen molar-refractivity contribution in [1.82, 2.24) is 0 Å². The molecule has 0 aromatic heterocycles. The Morgan fingerprint density at radius 3 is 2.64 bits per heavy atom. The van der Waals surface area contributed by atoms with Gasteiger partial charge in [-0.25, -0.2) is 0 Å². The van der Waals surface area contributed by atoms with Crippen LogP contribution in [0.5, 0.6) is 0 Å². The predicted molar refractivity (Wildman–Crippen MR) is 55.8 cm³/mol. The molecule has 0 aliphatic rings. The second-order valence-corrected chi connectivity index (χ2v) is 3.60. The molecule has 1 aromatic carbocycles. The number of halogens is 2. The molecular formula is C8H5BrClNO3. The van der Waals surface area contributed by atoms with Crippen LogP contribution < -0.4 is 0 Å². The third-order valence-corrected chi connectivity index (χ3v) is 2.47. The van der Waals surface area contributed by atoms with Gasteiger partial charge in [0.2, 0.25) is 0 Å². The molecule has 0 fully saturated rings. The quantitative estimate of drug-likeness (QED) is 0.370. The minimum atomic E-state index is -0.529. The Balaban J connectivity index is 3.12. The molecule has 1 aromatic rings. The molecule has 0 aliphatic heterocycles. The molecule has 1 rings (SSSR count). The highest BCUT2D eigenvalue weighted by molar-refractivity contribution is 9.10. The topological polar surface area (TPSA) is 60.2 Å². The lowest BCUT2D eigenvalue weighted by molar-refractivity contribution is -0.385. The largest absolute Gasteiger partial charge is 0.293 e. The fourth-order valence-corrected chi connectivity index (χ4v) is 1.58. The summed E-state index contributed by atoms with van der Waals surface area (Å²) < 4.78 is 0.276. The summed E-state index contributed by atoms with van der Waals surface area (Å²) >= 11 is 8.35. The smallest absolute Gasteiger partial charge is 0.283 e. The second-order valence-electron chi connectivity index (χ2n) is 2.48. The van der Waals surface area contributed by atoms with Gasteiger partial charge < -0.3 is 0 Å². The molecular weight excluding hydrogens is 273 g/mol. The van der Waals surface area contributed by atoms with E-state index in [1.165, 1.54) is 18.2 Å². The fourth-order valence-electron chi connectivity index (χ4n) is 0.906. The molecule has 74 valence electrons. The van der Waals surface area contributed by atoms with Crippen LogP contribution in [0.25, 0.3) is 0 Å². The van der Waals surface area contributed by atoms with Gasteiger partial charge in [-0.05, 0) is 28.1 Å². The van der Waals surface area contributed by atoms with E-state index < -0.39 is 4.92 Å². The van der Waals surface area contributed by atoms with Crippen molar-refractivity contribution in [2.24, 2.45) is 0 Å². The molecule has 0 amide bonds. The summed E-state index contributed by atoms with van der Waals surface area (Å²) in [5, 5.41) is 10.4. The van der Waals surface area contributed by atoms with Crippen molar-refractivity contribution in [2.75, 3.05) is 5.88 Å². The number of hydrogen-bond donors (Lipinski definition) is 0. The average molecular weight is 278 g/mol. The molecule has 0 saturated carbocycles. The van der Waals surface area contributed by atoms with Gasteiger partial charge in [-0.15, -0.1) is 11.6 Å². The molecule has 0 heterocycles. The van der Waals surface area contributed by atoms with Crippen molar-refractivity contribution in [1.29, 1.82) is 0 Å². The first-order valence-electron chi connectivity index (χ1n) is 3.59. The van der Waals surface area contributed by atoms with Crippen LogP contribution in [0.3, 0.4) is 0 Å². The van der Waals surface area contributed by atoms with Crippen molar-refractivity contribution in [3.05, 3.63) is 38.3 Å². The SMILES string of the molecule is O=C(CCl)c1ccc([N+](=O)[O-])c(Br)c1. The van der Waals surface area contributed by atoms with Crippen molar-refractivity contribution in [3.63, 3.8) is 0 Å². The van der Waals surface area contributed by atoms with Crippen molar-refractivity contribution in [3.8, 4) is 0 Å². The molecule has 0 saturated heterocycles. The van der Waals surface area contributed by atoms with Crippen molar-refractivity contribution < 1.29 is 9.72 Å². The Morgan fingerprint density at radius 2 is 2.21 bits per heavy atom. The first kappa shape index (κ1) is 11.1. The molecule has 0 radical (unpaired) electrons. The van der Waals surface area contributed by atoms with E-state index in [4.69, 9.17) is 11.6 Å². The van der Waals surface area contributed by atoms with E-state index in [9.17, 15) is 14.9 Å². The Labute approximate surface area is 93.1 Å². The number of nitrogens with zero attached hydrogens (tertiary/aromatic N) is 1. The number of ketones is 1. The minimum Gasteiger partial charge on any atom is -0.293 e. The van der Waals surface area contributed by atoms with Gasteiger partial charge in [-0.2, -0.15) is 0 Å². The van der Waals surface area contributed by atoms with Gasteiger partial charge in [-0.1, -0.05) is 0 Å². The van der Waals surface area contributed by atoms with E-state index in [2.05, 4.69) is 15.9 Å². The maximum Gasteiger partial charge on any atom is 0.283 e. The normalized spacial score (nSPS) is 9.86. The molecule has 0 N–H and O–H groups in total. The molecule has 4 nitrogen and oxygen atoms in total. The Hall–Kier alpha value is -0.940. The highest BCUT2D eigenvalue weighted by Crippen LogP contribution is 2.25. The molecule has 0 aliphatic carbocycles. The molecule has 0 unspecified atom stereocenters. The van der Waals surface area contributed by atoms with Gasteiger partial charge in [0.25, 0.3) is 5.69 Å². The average Bonchev–Trinajstić information content (AvgIpc) is 2.15. The summed E-state index contributed by atoms with van der Waals surface area (Å²) in [6.45, 7) is 0. The number of carbonyl (C=O) groups excluding carboxylic acids is 1. The predicted octanol–water partition coefficient (Wildman–Crippen LogP) is 2.78. The number of benzene rings is 1. The van der Waals surface area contributed by atoms with Gasteiger partial charge in [0.15, 0.2) is 5.78 Å². The highest BCUT2D eigenvalue weighted by Gasteiger charge is 2.13. The number of nitro groups is 1. The fraction of sp³-hybridized carbons (Fsp3) is 0.125. The molecule has 6 heteroatoms. The number of rotatable bonds is 3. The minimum absolute atomic E-state index is 0.0730. The first-order valence-corrected chi connectivity index (χ1v) is 4.92. The van der Waals surface area contributed by atoms with Gasteiger partial charge in [0.05, 0.1) is 15.3 Å². The van der Waals surface area contributed by atoms with E-state index >= 15 is 0 Å². The van der Waals surface area contributed by atoms with Gasteiger partial charge in [-0.3, -0.25) is 14.9 Å². The Bertz CT molecular complexity index is 394. The zero-order chi connectivity index (χ0) is 10.7. The Morgan fingerprint density at radius 1 is 1.57 bits per heavy atom. The lowest BCUT2D eigenvalue weighted by Gasteiger charge is -1.98. The maximum atomic E-state index is 11.1. The summed E-state index contributed by atoms with van der Waals surface area (Å²) in [5.74, 6) is -0.396. The number of carbonyl (C=O) groups is 1. The van der Waals surface area contributed by atoms with E-state index in [-0.39, 0.29) is 21.8 Å². The van der Waals surface area contributed by atoms with E-state index in [0.29, 0.717) is 5.56 Å². The van der Waals surface area contributed by atoms with Crippen LogP contribution in [-0.2, 0) is 0 Å². The Kier molecular flexibility index (Phi) is 3.60. The van der Waals surface area contributed by atoms with E-state index in [1.807, 2.05) is 0 Å². The van der Waals surface area contributed by atoms with Crippen molar-refractivity contribution >= 4 is 39.0 Å². The number of hydrogen-bond acceptors (Lipinski definition) is 3. The monoisotopic (exact) mass is 277 g/mol. The second kappa shape index (κ2) is 4.52. The standard InChI is InChI=1S/C8H5BrClNO3/c9-6-3-5(8(12)4-10)1-2-7(6)11(13)14/h1-3H,4H2. The van der Waals surface area contributed by atoms with Crippen LogP contribution >= 0.6 is 27.5 Å². The lowest BCUT2D eigenvalue weighted by atomic mass is 10.1. The zero-order valence-electron chi connectivity index (χ0n) is 6.87. The summed E-state index contributed by atoms with van der Waals surface area (Å²) in [5.41, 5.74) is 0.286. The lowest BCUT2D eigenvalue weighted by Crippen LogP contribution is -2.00.